The molecule has 1 atom stereocenters. The minimum Gasteiger partial charge on any atom is -0.366 e. The maximum absolute atomic E-state index is 12.8. The van der Waals surface area contributed by atoms with Crippen molar-refractivity contribution in [2.24, 2.45) is 0 Å². The first kappa shape index (κ1) is 18.9. The van der Waals surface area contributed by atoms with E-state index in [1.807, 2.05) is 0 Å². The summed E-state index contributed by atoms with van der Waals surface area (Å²) in [6.45, 7) is 3.14. The Kier molecular flexibility index (Phi) is 5.61. The minimum absolute atomic E-state index is 0. The molecule has 22 heavy (non-hydrogen) atoms. The van der Waals surface area contributed by atoms with Gasteiger partial charge in [0.1, 0.15) is 0 Å². The molecule has 1 aliphatic rings. The van der Waals surface area contributed by atoms with Crippen LogP contribution in [0, 0.1) is 0 Å². The topological polar surface area (TPSA) is 15.3 Å². The lowest BCUT2D eigenvalue weighted by Crippen LogP contribution is -2.50. The van der Waals surface area contributed by atoms with Gasteiger partial charge in [-0.2, -0.15) is 26.3 Å². The molecule has 0 spiro atoms. The van der Waals surface area contributed by atoms with E-state index in [1.54, 1.807) is 11.8 Å². The molecule has 9 heteroatoms. The Morgan fingerprint density at radius 3 is 1.91 bits per heavy atom. The van der Waals surface area contributed by atoms with Gasteiger partial charge in [0.15, 0.2) is 0 Å². The van der Waals surface area contributed by atoms with Gasteiger partial charge >= 0.3 is 12.4 Å². The van der Waals surface area contributed by atoms with Crippen molar-refractivity contribution in [2.45, 2.75) is 25.3 Å². The molecule has 1 aromatic carbocycles. The van der Waals surface area contributed by atoms with Crippen LogP contribution in [0.25, 0.3) is 0 Å². The molecule has 1 aromatic rings. The standard InChI is InChI=1S/C13H14F6N2.ClH/c1-8-7-20-2-3-21(8)11-5-9(12(14,15)16)4-10(6-11)13(17,18)19;/h4-6,8,20H,2-3,7H2,1H3;1H. The van der Waals surface area contributed by atoms with Crippen molar-refractivity contribution in [3.63, 3.8) is 0 Å². The molecule has 0 radical (unpaired) electrons. The quantitative estimate of drug-likeness (QED) is 0.773. The molecule has 126 valence electrons. The van der Waals surface area contributed by atoms with Crippen molar-refractivity contribution in [2.75, 3.05) is 24.5 Å². The average molecular weight is 349 g/mol. The van der Waals surface area contributed by atoms with Gasteiger partial charge in [0, 0.05) is 31.4 Å². The molecule has 2 nitrogen and oxygen atoms in total. The summed E-state index contributed by atoms with van der Waals surface area (Å²) in [6.07, 6.45) is -9.62. The molecule has 0 amide bonds. The van der Waals surface area contributed by atoms with Gasteiger partial charge in [0.05, 0.1) is 11.1 Å². The number of piperazine rings is 1. The maximum Gasteiger partial charge on any atom is 0.416 e. The van der Waals surface area contributed by atoms with Gasteiger partial charge in [0.25, 0.3) is 0 Å². The molecule has 1 N–H and O–H groups in total. The Hall–Kier alpha value is -1.15. The number of nitrogens with zero attached hydrogens (tertiary/aromatic N) is 1. The summed E-state index contributed by atoms with van der Waals surface area (Å²) in [7, 11) is 0. The molecule has 0 aliphatic carbocycles. The summed E-state index contributed by atoms with van der Waals surface area (Å²) in [6, 6.07) is 1.52. The lowest BCUT2D eigenvalue weighted by molar-refractivity contribution is -0.143. The predicted octanol–water partition coefficient (Wildman–Crippen LogP) is 3.94. The second-order valence-electron chi connectivity index (χ2n) is 5.01. The van der Waals surface area contributed by atoms with Crippen LogP contribution >= 0.6 is 12.4 Å². The Labute approximate surface area is 129 Å². The number of hydrogen-bond donors (Lipinski definition) is 1. The Morgan fingerprint density at radius 2 is 1.50 bits per heavy atom. The normalized spacial score (nSPS) is 19.8. The number of halogens is 7. The molecular weight excluding hydrogens is 334 g/mol. The van der Waals surface area contributed by atoms with Crippen molar-refractivity contribution in [3.05, 3.63) is 29.3 Å². The first-order valence-electron chi connectivity index (χ1n) is 6.36. The zero-order chi connectivity index (χ0) is 15.8. The minimum atomic E-state index is -4.81. The van der Waals surface area contributed by atoms with Crippen LogP contribution in [-0.4, -0.2) is 25.7 Å². The number of nitrogens with one attached hydrogen (secondary N) is 1. The summed E-state index contributed by atoms with van der Waals surface area (Å²) >= 11 is 0. The third-order valence-corrected chi connectivity index (χ3v) is 3.41. The molecular formula is C13H15ClF6N2. The van der Waals surface area contributed by atoms with E-state index < -0.39 is 23.5 Å². The number of anilines is 1. The maximum atomic E-state index is 12.8. The highest BCUT2D eigenvalue weighted by Crippen LogP contribution is 2.38. The number of alkyl halides is 6. The first-order chi connectivity index (χ1) is 9.59. The Morgan fingerprint density at radius 1 is 1.00 bits per heavy atom. The monoisotopic (exact) mass is 348 g/mol. The fourth-order valence-electron chi connectivity index (χ4n) is 2.33. The van der Waals surface area contributed by atoms with Crippen LogP contribution in [0.3, 0.4) is 0 Å². The van der Waals surface area contributed by atoms with Gasteiger partial charge < -0.3 is 10.2 Å². The Balaban J connectivity index is 0.00000242. The smallest absolute Gasteiger partial charge is 0.366 e. The van der Waals surface area contributed by atoms with E-state index in [9.17, 15) is 26.3 Å². The fourth-order valence-corrected chi connectivity index (χ4v) is 2.33. The van der Waals surface area contributed by atoms with Crippen LogP contribution in [0.15, 0.2) is 18.2 Å². The molecule has 1 unspecified atom stereocenters. The largest absolute Gasteiger partial charge is 0.416 e. The second-order valence-corrected chi connectivity index (χ2v) is 5.01. The molecule has 0 saturated carbocycles. The zero-order valence-corrected chi connectivity index (χ0v) is 12.4. The van der Waals surface area contributed by atoms with Crippen LogP contribution in [-0.2, 0) is 12.4 Å². The van der Waals surface area contributed by atoms with Crippen LogP contribution in [0.1, 0.15) is 18.1 Å². The highest BCUT2D eigenvalue weighted by atomic mass is 35.5. The van der Waals surface area contributed by atoms with Crippen molar-refractivity contribution < 1.29 is 26.3 Å². The van der Waals surface area contributed by atoms with Crippen LogP contribution < -0.4 is 10.2 Å². The van der Waals surface area contributed by atoms with Crippen LogP contribution in [0.5, 0.6) is 0 Å². The van der Waals surface area contributed by atoms with Crippen molar-refractivity contribution in [1.29, 1.82) is 0 Å². The van der Waals surface area contributed by atoms with E-state index >= 15 is 0 Å². The van der Waals surface area contributed by atoms with Crippen LogP contribution in [0.4, 0.5) is 32.0 Å². The zero-order valence-electron chi connectivity index (χ0n) is 11.6. The Bertz CT molecular complexity index is 482. The number of rotatable bonds is 1. The van der Waals surface area contributed by atoms with Crippen molar-refractivity contribution in [3.8, 4) is 0 Å². The van der Waals surface area contributed by atoms with Crippen LogP contribution in [0.2, 0.25) is 0 Å². The highest BCUT2D eigenvalue weighted by molar-refractivity contribution is 5.85. The molecule has 1 saturated heterocycles. The first-order valence-corrected chi connectivity index (χ1v) is 6.36. The molecule has 0 bridgehead atoms. The van der Waals surface area contributed by atoms with E-state index in [4.69, 9.17) is 0 Å². The van der Waals surface area contributed by atoms with E-state index in [0.717, 1.165) is 12.1 Å². The third-order valence-electron chi connectivity index (χ3n) is 3.41. The van der Waals surface area contributed by atoms with Gasteiger partial charge in [-0.05, 0) is 25.1 Å². The summed E-state index contributed by atoms with van der Waals surface area (Å²) in [5.41, 5.74) is -2.61. The van der Waals surface area contributed by atoms with E-state index in [2.05, 4.69) is 5.32 Å². The molecule has 1 fully saturated rings. The lowest BCUT2D eigenvalue weighted by atomic mass is 10.1. The highest BCUT2D eigenvalue weighted by Gasteiger charge is 2.37. The second kappa shape index (κ2) is 6.54. The number of benzene rings is 1. The van der Waals surface area contributed by atoms with Gasteiger partial charge in [-0.1, -0.05) is 0 Å². The van der Waals surface area contributed by atoms with E-state index in [0.29, 0.717) is 19.6 Å². The van der Waals surface area contributed by atoms with Crippen molar-refractivity contribution >= 4 is 18.1 Å². The molecule has 2 rings (SSSR count). The van der Waals surface area contributed by atoms with Crippen molar-refractivity contribution in [1.82, 2.24) is 5.32 Å². The number of hydrogen-bond acceptors (Lipinski definition) is 2. The summed E-state index contributed by atoms with van der Waals surface area (Å²) < 4.78 is 76.8. The third kappa shape index (κ3) is 4.19. The average Bonchev–Trinajstić information content (AvgIpc) is 2.36. The summed E-state index contributed by atoms with van der Waals surface area (Å²) in [5.74, 6) is 0. The summed E-state index contributed by atoms with van der Waals surface area (Å²) in [5, 5.41) is 3.04. The summed E-state index contributed by atoms with van der Waals surface area (Å²) in [4.78, 5) is 1.56. The van der Waals surface area contributed by atoms with E-state index in [-0.39, 0.29) is 30.2 Å². The van der Waals surface area contributed by atoms with Gasteiger partial charge in [0.2, 0.25) is 0 Å². The van der Waals surface area contributed by atoms with E-state index in [1.165, 1.54) is 0 Å². The molecule has 1 aliphatic heterocycles. The molecule has 1 heterocycles. The fraction of sp³-hybridized carbons (Fsp3) is 0.538. The lowest BCUT2D eigenvalue weighted by Gasteiger charge is -2.36. The van der Waals surface area contributed by atoms with Gasteiger partial charge in [-0.25, -0.2) is 0 Å². The SMILES string of the molecule is CC1CNCCN1c1cc(C(F)(F)F)cc(C(F)(F)F)c1.Cl. The predicted molar refractivity (Wildman–Crippen MR) is 73.4 cm³/mol. The van der Waals surface area contributed by atoms with Gasteiger partial charge in [-0.15, -0.1) is 12.4 Å². The molecule has 0 aromatic heterocycles. The van der Waals surface area contributed by atoms with Gasteiger partial charge in [-0.3, -0.25) is 0 Å².